The van der Waals surface area contributed by atoms with Gasteiger partial charge in [0, 0.05) is 26.2 Å². The van der Waals surface area contributed by atoms with Gasteiger partial charge in [-0.3, -0.25) is 4.90 Å². The van der Waals surface area contributed by atoms with Crippen LogP contribution < -0.4 is 5.73 Å². The molecule has 1 atom stereocenters. The molecule has 0 aromatic rings. The number of nitrogens with two attached hydrogens (primary N) is 1. The first kappa shape index (κ1) is 17.2. The molecule has 1 fully saturated rings. The zero-order valence-electron chi connectivity index (χ0n) is 13.2. The van der Waals surface area contributed by atoms with Gasteiger partial charge in [0.15, 0.2) is 5.84 Å². The minimum absolute atomic E-state index is 0.104. The van der Waals surface area contributed by atoms with Gasteiger partial charge in [-0.15, -0.1) is 0 Å². The summed E-state index contributed by atoms with van der Waals surface area (Å²) in [6.45, 7) is 9.86. The Morgan fingerprint density at radius 3 is 2.35 bits per heavy atom. The average Bonchev–Trinajstić information content (AvgIpc) is 2.49. The predicted octanol–water partition coefficient (Wildman–Crippen LogP) is 2.10. The van der Waals surface area contributed by atoms with Gasteiger partial charge in [0.05, 0.1) is 6.04 Å². The van der Waals surface area contributed by atoms with Gasteiger partial charge in [-0.25, -0.2) is 0 Å². The molecule has 0 radical (unpaired) electrons. The molecular weight excluding hydrogens is 252 g/mol. The number of oxime groups is 1. The first-order valence-corrected chi connectivity index (χ1v) is 8.16. The van der Waals surface area contributed by atoms with Crippen molar-refractivity contribution in [3.63, 3.8) is 0 Å². The summed E-state index contributed by atoms with van der Waals surface area (Å²) in [4.78, 5) is 4.91. The Morgan fingerprint density at radius 2 is 1.80 bits per heavy atom. The first-order valence-electron chi connectivity index (χ1n) is 8.16. The molecule has 20 heavy (non-hydrogen) atoms. The highest BCUT2D eigenvalue weighted by Crippen LogP contribution is 2.12. The molecule has 0 saturated carbocycles. The lowest BCUT2D eigenvalue weighted by molar-refractivity contribution is 0.111. The van der Waals surface area contributed by atoms with Crippen molar-refractivity contribution in [3.05, 3.63) is 0 Å². The van der Waals surface area contributed by atoms with Crippen molar-refractivity contribution in [3.8, 4) is 0 Å². The Morgan fingerprint density at radius 1 is 1.10 bits per heavy atom. The van der Waals surface area contributed by atoms with Gasteiger partial charge in [0.2, 0.25) is 0 Å². The monoisotopic (exact) mass is 284 g/mol. The van der Waals surface area contributed by atoms with Crippen LogP contribution in [0, 0.1) is 0 Å². The third kappa shape index (κ3) is 5.67. The Hall–Kier alpha value is -0.810. The molecule has 0 amide bonds. The van der Waals surface area contributed by atoms with Crippen LogP contribution in [-0.4, -0.2) is 59.6 Å². The summed E-state index contributed by atoms with van der Waals surface area (Å²) >= 11 is 0. The van der Waals surface area contributed by atoms with Gasteiger partial charge >= 0.3 is 0 Å². The third-order valence-electron chi connectivity index (χ3n) is 4.19. The second-order valence-corrected chi connectivity index (χ2v) is 5.77. The summed E-state index contributed by atoms with van der Waals surface area (Å²) in [6.07, 6.45) is 7.32. The Bertz CT molecular complexity index is 275. The molecule has 1 unspecified atom stereocenters. The van der Waals surface area contributed by atoms with Gasteiger partial charge in [-0.05, 0) is 19.4 Å². The van der Waals surface area contributed by atoms with Crippen LogP contribution in [0.4, 0.5) is 0 Å². The maximum atomic E-state index is 8.91. The van der Waals surface area contributed by atoms with Gasteiger partial charge < -0.3 is 15.8 Å². The lowest BCUT2D eigenvalue weighted by Crippen LogP contribution is -2.54. The maximum Gasteiger partial charge on any atom is 0.156 e. The van der Waals surface area contributed by atoms with E-state index in [1.165, 1.54) is 32.2 Å². The average molecular weight is 284 g/mol. The van der Waals surface area contributed by atoms with Crippen molar-refractivity contribution in [2.45, 2.75) is 58.4 Å². The number of hydrogen-bond acceptors (Lipinski definition) is 4. The molecule has 1 aliphatic heterocycles. The summed E-state index contributed by atoms with van der Waals surface area (Å²) < 4.78 is 0. The molecule has 1 aliphatic rings. The van der Waals surface area contributed by atoms with E-state index in [4.69, 9.17) is 10.9 Å². The fourth-order valence-corrected chi connectivity index (χ4v) is 2.92. The summed E-state index contributed by atoms with van der Waals surface area (Å²) in [6, 6.07) is 0.104. The molecule has 1 heterocycles. The molecule has 5 heteroatoms. The van der Waals surface area contributed by atoms with E-state index in [1.54, 1.807) is 0 Å². The molecule has 0 aromatic carbocycles. The summed E-state index contributed by atoms with van der Waals surface area (Å²) in [5.74, 6) is 0.364. The van der Waals surface area contributed by atoms with E-state index in [2.05, 4.69) is 28.8 Å². The van der Waals surface area contributed by atoms with Crippen LogP contribution in [-0.2, 0) is 0 Å². The van der Waals surface area contributed by atoms with E-state index in [0.29, 0.717) is 5.84 Å². The van der Waals surface area contributed by atoms with Crippen molar-refractivity contribution in [1.82, 2.24) is 9.80 Å². The van der Waals surface area contributed by atoms with Crippen LogP contribution >= 0.6 is 0 Å². The summed E-state index contributed by atoms with van der Waals surface area (Å²) in [7, 11) is 0. The van der Waals surface area contributed by atoms with E-state index in [-0.39, 0.29) is 6.04 Å². The standard InChI is InChI=1S/C15H32N4O/c1-3-5-6-7-9-18-10-12-19(13-11-18)14(8-4-2)15(16)17-20/h14,20H,3-13H2,1-2H3,(H2,16,17). The largest absolute Gasteiger partial charge is 0.409 e. The normalized spacial score (nSPS) is 20.2. The van der Waals surface area contributed by atoms with Crippen molar-refractivity contribution in [1.29, 1.82) is 0 Å². The molecule has 0 aromatic heterocycles. The zero-order chi connectivity index (χ0) is 14.8. The van der Waals surface area contributed by atoms with E-state index >= 15 is 0 Å². The molecular formula is C15H32N4O. The number of nitrogens with zero attached hydrogens (tertiary/aromatic N) is 3. The topological polar surface area (TPSA) is 65.1 Å². The lowest BCUT2D eigenvalue weighted by Gasteiger charge is -2.38. The van der Waals surface area contributed by atoms with Gasteiger partial charge in [-0.1, -0.05) is 44.7 Å². The summed E-state index contributed by atoms with van der Waals surface area (Å²) in [5.41, 5.74) is 5.83. The molecule has 0 spiro atoms. The highest BCUT2D eigenvalue weighted by atomic mass is 16.4. The number of rotatable bonds is 9. The third-order valence-corrected chi connectivity index (χ3v) is 4.19. The van der Waals surface area contributed by atoms with Crippen LogP contribution in [0.1, 0.15) is 52.4 Å². The second-order valence-electron chi connectivity index (χ2n) is 5.77. The Labute approximate surface area is 123 Å². The Balaban J connectivity index is 2.32. The minimum atomic E-state index is 0.104. The van der Waals surface area contributed by atoms with E-state index in [9.17, 15) is 0 Å². The first-order chi connectivity index (χ1) is 9.72. The van der Waals surface area contributed by atoms with Crippen LogP contribution in [0.15, 0.2) is 5.16 Å². The highest BCUT2D eigenvalue weighted by molar-refractivity contribution is 5.85. The smallest absolute Gasteiger partial charge is 0.156 e. The number of amidine groups is 1. The maximum absolute atomic E-state index is 8.91. The van der Waals surface area contributed by atoms with E-state index in [1.807, 2.05) is 0 Å². The quantitative estimate of drug-likeness (QED) is 0.224. The summed E-state index contributed by atoms with van der Waals surface area (Å²) in [5, 5.41) is 12.1. The minimum Gasteiger partial charge on any atom is -0.409 e. The molecule has 1 saturated heterocycles. The highest BCUT2D eigenvalue weighted by Gasteiger charge is 2.25. The lowest BCUT2D eigenvalue weighted by atomic mass is 10.1. The molecule has 0 bridgehead atoms. The SMILES string of the molecule is CCCCCCN1CCN(C(CCC)C(N)=NO)CC1. The van der Waals surface area contributed by atoms with E-state index in [0.717, 1.165) is 39.0 Å². The van der Waals surface area contributed by atoms with E-state index < -0.39 is 0 Å². The van der Waals surface area contributed by atoms with Crippen molar-refractivity contribution in [2.75, 3.05) is 32.7 Å². The molecule has 0 aliphatic carbocycles. The molecule has 3 N–H and O–H groups in total. The van der Waals surface area contributed by atoms with Crippen LogP contribution in [0.3, 0.4) is 0 Å². The van der Waals surface area contributed by atoms with Crippen LogP contribution in [0.25, 0.3) is 0 Å². The van der Waals surface area contributed by atoms with Gasteiger partial charge in [-0.2, -0.15) is 0 Å². The van der Waals surface area contributed by atoms with Crippen molar-refractivity contribution >= 4 is 5.84 Å². The number of unbranched alkanes of at least 4 members (excludes halogenated alkanes) is 3. The fourth-order valence-electron chi connectivity index (χ4n) is 2.92. The molecule has 5 nitrogen and oxygen atoms in total. The fraction of sp³-hybridized carbons (Fsp3) is 0.933. The predicted molar refractivity (Wildman–Crippen MR) is 84.3 cm³/mol. The van der Waals surface area contributed by atoms with Crippen LogP contribution in [0.2, 0.25) is 0 Å². The molecule has 118 valence electrons. The molecule has 1 rings (SSSR count). The van der Waals surface area contributed by atoms with Crippen LogP contribution in [0.5, 0.6) is 0 Å². The Kier molecular flexibility index (Phi) is 8.62. The van der Waals surface area contributed by atoms with Gasteiger partial charge in [0.25, 0.3) is 0 Å². The zero-order valence-corrected chi connectivity index (χ0v) is 13.2. The van der Waals surface area contributed by atoms with Gasteiger partial charge in [0.1, 0.15) is 0 Å². The number of hydrogen-bond donors (Lipinski definition) is 2. The number of piperazine rings is 1. The van der Waals surface area contributed by atoms with Crippen molar-refractivity contribution in [2.24, 2.45) is 10.9 Å². The second kappa shape index (κ2) is 10.00. The van der Waals surface area contributed by atoms with Crippen molar-refractivity contribution < 1.29 is 5.21 Å².